The van der Waals surface area contributed by atoms with E-state index in [0.29, 0.717) is 10.0 Å². The van der Waals surface area contributed by atoms with Crippen LogP contribution in [0.15, 0.2) is 57.9 Å². The first-order valence-corrected chi connectivity index (χ1v) is 8.44. The predicted octanol–water partition coefficient (Wildman–Crippen LogP) is 3.53. The Balaban J connectivity index is 2.16. The lowest BCUT2D eigenvalue weighted by molar-refractivity contribution is -0.0504. The highest BCUT2D eigenvalue weighted by Gasteiger charge is 2.16. The van der Waals surface area contributed by atoms with Gasteiger partial charge in [-0.1, -0.05) is 40.2 Å². The van der Waals surface area contributed by atoms with Gasteiger partial charge in [0, 0.05) is 16.6 Å². The van der Waals surface area contributed by atoms with Gasteiger partial charge in [0.15, 0.2) is 0 Å². The zero-order valence-corrected chi connectivity index (χ0v) is 13.6. The monoisotopic (exact) mass is 391 g/mol. The van der Waals surface area contributed by atoms with E-state index in [0.717, 1.165) is 0 Å². The Morgan fingerprint density at radius 3 is 2.55 bits per heavy atom. The number of hydrogen-bond donors (Lipinski definition) is 1. The second-order valence-corrected chi connectivity index (χ2v) is 6.95. The molecular weight excluding hydrogens is 380 g/mol. The number of hydrogen-bond acceptors (Lipinski definition) is 3. The first-order valence-electron chi connectivity index (χ1n) is 6.16. The molecule has 0 aliphatic heterocycles. The van der Waals surface area contributed by atoms with Crippen molar-refractivity contribution in [1.82, 2.24) is 4.72 Å². The molecule has 0 spiro atoms. The molecule has 0 saturated carbocycles. The highest BCUT2D eigenvalue weighted by molar-refractivity contribution is 9.10. The van der Waals surface area contributed by atoms with E-state index in [4.69, 9.17) is 0 Å². The van der Waals surface area contributed by atoms with Gasteiger partial charge in [-0.25, -0.2) is 13.1 Å². The van der Waals surface area contributed by atoms with Gasteiger partial charge < -0.3 is 4.74 Å². The van der Waals surface area contributed by atoms with E-state index in [-0.39, 0.29) is 17.2 Å². The second kappa shape index (κ2) is 7.17. The van der Waals surface area contributed by atoms with Crippen LogP contribution in [-0.2, 0) is 16.6 Å². The number of nitrogens with one attached hydrogen (secondary N) is 1. The summed E-state index contributed by atoms with van der Waals surface area (Å²) in [6, 6.07) is 12.2. The third kappa shape index (κ3) is 4.49. The van der Waals surface area contributed by atoms with Crippen molar-refractivity contribution < 1.29 is 21.9 Å². The largest absolute Gasteiger partial charge is 0.434 e. The fourth-order valence-corrected chi connectivity index (χ4v) is 3.35. The van der Waals surface area contributed by atoms with Gasteiger partial charge in [-0.05, 0) is 24.3 Å². The Morgan fingerprint density at radius 1 is 1.14 bits per heavy atom. The number of para-hydroxylation sites is 1. The van der Waals surface area contributed by atoms with E-state index in [9.17, 15) is 17.2 Å². The zero-order valence-electron chi connectivity index (χ0n) is 11.2. The molecule has 0 saturated heterocycles. The van der Waals surface area contributed by atoms with E-state index < -0.39 is 16.6 Å². The topological polar surface area (TPSA) is 55.4 Å². The van der Waals surface area contributed by atoms with Crippen LogP contribution in [0.2, 0.25) is 0 Å². The molecular formula is C14H12BrF2NO3S. The lowest BCUT2D eigenvalue weighted by atomic mass is 10.2. The Morgan fingerprint density at radius 2 is 1.86 bits per heavy atom. The normalized spacial score (nSPS) is 11.6. The Kier molecular flexibility index (Phi) is 5.49. The van der Waals surface area contributed by atoms with Crippen molar-refractivity contribution in [3.05, 3.63) is 58.6 Å². The fraction of sp³-hybridized carbons (Fsp3) is 0.143. The average Bonchev–Trinajstić information content (AvgIpc) is 2.46. The number of halogens is 3. The minimum Gasteiger partial charge on any atom is -0.434 e. The molecule has 0 aromatic heterocycles. The molecule has 1 N–H and O–H groups in total. The van der Waals surface area contributed by atoms with E-state index in [1.165, 1.54) is 30.3 Å². The van der Waals surface area contributed by atoms with Crippen LogP contribution in [-0.4, -0.2) is 15.0 Å². The number of benzene rings is 2. The van der Waals surface area contributed by atoms with Gasteiger partial charge in [0.05, 0.1) is 4.90 Å². The van der Waals surface area contributed by atoms with Gasteiger partial charge >= 0.3 is 6.61 Å². The van der Waals surface area contributed by atoms with Crippen LogP contribution in [0, 0.1) is 0 Å². The third-order valence-corrected chi connectivity index (χ3v) is 4.64. The van der Waals surface area contributed by atoms with Crippen molar-refractivity contribution in [2.24, 2.45) is 0 Å². The van der Waals surface area contributed by atoms with Gasteiger partial charge in [-0.2, -0.15) is 8.78 Å². The molecule has 0 amide bonds. The van der Waals surface area contributed by atoms with Gasteiger partial charge in [-0.15, -0.1) is 0 Å². The van der Waals surface area contributed by atoms with Crippen molar-refractivity contribution in [2.45, 2.75) is 18.1 Å². The summed E-state index contributed by atoms with van der Waals surface area (Å²) in [6.07, 6.45) is 0. The molecule has 0 unspecified atom stereocenters. The number of sulfonamides is 1. The van der Waals surface area contributed by atoms with Crippen LogP contribution < -0.4 is 9.46 Å². The first-order chi connectivity index (χ1) is 10.4. The molecule has 118 valence electrons. The summed E-state index contributed by atoms with van der Waals surface area (Å²) in [5.74, 6) is -0.0607. The summed E-state index contributed by atoms with van der Waals surface area (Å²) in [5.41, 5.74) is 0.321. The molecule has 0 atom stereocenters. The average molecular weight is 392 g/mol. The van der Waals surface area contributed by atoms with Crippen molar-refractivity contribution in [2.75, 3.05) is 0 Å². The molecule has 8 heteroatoms. The minimum atomic E-state index is -3.75. The van der Waals surface area contributed by atoms with Crippen molar-refractivity contribution in [1.29, 1.82) is 0 Å². The summed E-state index contributed by atoms with van der Waals surface area (Å²) in [5, 5.41) is 0. The standard InChI is InChI=1S/C14H12BrF2NO3S/c15-11-5-3-6-12(8-11)22(19,20)18-9-10-4-1-2-7-13(10)21-14(16)17/h1-8,14,18H,9H2. The minimum absolute atomic E-state index is 0.0607. The van der Waals surface area contributed by atoms with Crippen LogP contribution in [0.5, 0.6) is 5.75 Å². The Hall–Kier alpha value is -1.51. The van der Waals surface area contributed by atoms with Crippen molar-refractivity contribution in [3.63, 3.8) is 0 Å². The Labute approximate surface area is 135 Å². The lowest BCUT2D eigenvalue weighted by Crippen LogP contribution is -2.23. The molecule has 2 aromatic rings. The number of ether oxygens (including phenoxy) is 1. The fourth-order valence-electron chi connectivity index (χ4n) is 1.75. The molecule has 2 aromatic carbocycles. The van der Waals surface area contributed by atoms with Crippen LogP contribution >= 0.6 is 15.9 Å². The molecule has 0 bridgehead atoms. The molecule has 0 heterocycles. The summed E-state index contributed by atoms with van der Waals surface area (Å²) in [6.45, 7) is -3.12. The first kappa shape index (κ1) is 16.9. The van der Waals surface area contributed by atoms with E-state index in [1.54, 1.807) is 18.2 Å². The quantitative estimate of drug-likeness (QED) is 0.819. The molecule has 0 radical (unpaired) electrons. The molecule has 4 nitrogen and oxygen atoms in total. The summed E-state index contributed by atoms with van der Waals surface area (Å²) in [4.78, 5) is 0.0779. The van der Waals surface area contributed by atoms with Crippen LogP contribution in [0.3, 0.4) is 0 Å². The Bertz CT molecular complexity index is 753. The maximum atomic E-state index is 12.3. The van der Waals surface area contributed by atoms with Crippen LogP contribution in [0.4, 0.5) is 8.78 Å². The second-order valence-electron chi connectivity index (χ2n) is 4.27. The number of alkyl halides is 2. The molecule has 0 aliphatic carbocycles. The third-order valence-electron chi connectivity index (χ3n) is 2.75. The molecule has 0 aliphatic rings. The van der Waals surface area contributed by atoms with Gasteiger partial charge in [0.1, 0.15) is 5.75 Å². The zero-order chi connectivity index (χ0) is 16.2. The highest BCUT2D eigenvalue weighted by atomic mass is 79.9. The molecule has 2 rings (SSSR count). The lowest BCUT2D eigenvalue weighted by Gasteiger charge is -2.12. The van der Waals surface area contributed by atoms with Crippen LogP contribution in [0.25, 0.3) is 0 Å². The maximum absolute atomic E-state index is 12.3. The summed E-state index contributed by atoms with van der Waals surface area (Å²) in [7, 11) is -3.75. The number of rotatable bonds is 6. The maximum Gasteiger partial charge on any atom is 0.387 e. The van der Waals surface area contributed by atoms with Crippen molar-refractivity contribution >= 4 is 26.0 Å². The summed E-state index contributed by atoms with van der Waals surface area (Å²) >= 11 is 3.19. The van der Waals surface area contributed by atoms with E-state index in [2.05, 4.69) is 25.4 Å². The van der Waals surface area contributed by atoms with E-state index >= 15 is 0 Å². The van der Waals surface area contributed by atoms with Crippen LogP contribution in [0.1, 0.15) is 5.56 Å². The highest BCUT2D eigenvalue weighted by Crippen LogP contribution is 2.21. The SMILES string of the molecule is O=S(=O)(NCc1ccccc1OC(F)F)c1cccc(Br)c1. The summed E-state index contributed by atoms with van der Waals surface area (Å²) < 4.78 is 56.3. The van der Waals surface area contributed by atoms with Gasteiger partial charge in [-0.3, -0.25) is 0 Å². The van der Waals surface area contributed by atoms with Gasteiger partial charge in [0.25, 0.3) is 0 Å². The van der Waals surface area contributed by atoms with Gasteiger partial charge in [0.2, 0.25) is 10.0 Å². The van der Waals surface area contributed by atoms with Crippen molar-refractivity contribution in [3.8, 4) is 5.75 Å². The molecule has 0 fully saturated rings. The van der Waals surface area contributed by atoms with E-state index in [1.807, 2.05) is 0 Å². The molecule has 22 heavy (non-hydrogen) atoms. The smallest absolute Gasteiger partial charge is 0.387 e. The predicted molar refractivity (Wildman–Crippen MR) is 81.2 cm³/mol.